The highest BCUT2D eigenvalue weighted by atomic mass is 32.2. The number of halogens is 3. The molecule has 0 aliphatic carbocycles. The van der Waals surface area contributed by atoms with Gasteiger partial charge in [0.25, 0.3) is 0 Å². The molecule has 1 fully saturated rings. The van der Waals surface area contributed by atoms with Gasteiger partial charge in [0.1, 0.15) is 0 Å². The van der Waals surface area contributed by atoms with Crippen molar-refractivity contribution >= 4 is 15.9 Å². The van der Waals surface area contributed by atoms with Crippen molar-refractivity contribution in [2.24, 2.45) is 5.73 Å². The molecule has 0 saturated carbocycles. The minimum Gasteiger partial charge on any atom is -0.369 e. The van der Waals surface area contributed by atoms with Gasteiger partial charge in [-0.15, -0.1) is 0 Å². The smallest absolute Gasteiger partial charge is 0.369 e. The first-order valence-electron chi connectivity index (χ1n) is 7.70. The van der Waals surface area contributed by atoms with Gasteiger partial charge in [-0.3, -0.25) is 9.69 Å². The normalized spacial score (nSPS) is 17.6. The molecule has 0 aromatic heterocycles. The lowest BCUT2D eigenvalue weighted by Gasteiger charge is -2.31. The molecule has 1 aromatic carbocycles. The van der Waals surface area contributed by atoms with Gasteiger partial charge in [-0.25, -0.2) is 13.1 Å². The molecule has 2 rings (SSSR count). The molecule has 0 radical (unpaired) electrons. The van der Waals surface area contributed by atoms with Crippen molar-refractivity contribution in [1.82, 2.24) is 9.62 Å². The third-order valence-corrected chi connectivity index (χ3v) is 5.63. The number of hydrogen-bond donors (Lipinski definition) is 2. The Kier molecular flexibility index (Phi) is 5.75. The lowest BCUT2D eigenvalue weighted by molar-refractivity contribution is -0.138. The Hall–Kier alpha value is -1.65. The number of piperidine rings is 1. The van der Waals surface area contributed by atoms with Crippen LogP contribution in [0.25, 0.3) is 0 Å². The van der Waals surface area contributed by atoms with Gasteiger partial charge in [0.2, 0.25) is 15.9 Å². The summed E-state index contributed by atoms with van der Waals surface area (Å²) in [6, 6.07) is 2.56. The first kappa shape index (κ1) is 19.7. The summed E-state index contributed by atoms with van der Waals surface area (Å²) in [5, 5.41) is 0. The number of primary amides is 1. The maximum Gasteiger partial charge on any atom is 0.416 e. The number of nitrogens with zero attached hydrogens (tertiary/aromatic N) is 1. The van der Waals surface area contributed by atoms with Crippen LogP contribution in [0.1, 0.15) is 24.0 Å². The number of alkyl halides is 3. The van der Waals surface area contributed by atoms with Crippen LogP contribution < -0.4 is 10.5 Å². The first-order valence-corrected chi connectivity index (χ1v) is 9.18. The number of carbonyl (C=O) groups excluding carboxylic acids is 1. The average Bonchev–Trinajstić information content (AvgIpc) is 2.47. The van der Waals surface area contributed by atoms with Crippen molar-refractivity contribution in [3.05, 3.63) is 29.3 Å². The minimum absolute atomic E-state index is 0.0359. The Balaban J connectivity index is 2.09. The molecule has 1 aromatic rings. The van der Waals surface area contributed by atoms with Gasteiger partial charge in [0.15, 0.2) is 0 Å². The summed E-state index contributed by atoms with van der Waals surface area (Å²) in [7, 11) is -4.06. The number of rotatable bonds is 5. The molecule has 140 valence electrons. The minimum atomic E-state index is -4.62. The molecule has 0 spiro atoms. The highest BCUT2D eigenvalue weighted by Gasteiger charge is 2.34. The topological polar surface area (TPSA) is 92.5 Å². The van der Waals surface area contributed by atoms with E-state index in [9.17, 15) is 26.4 Å². The molecule has 1 saturated heterocycles. The summed E-state index contributed by atoms with van der Waals surface area (Å²) < 4.78 is 66.1. The number of carbonyl (C=O) groups is 1. The molecule has 1 amide bonds. The van der Waals surface area contributed by atoms with Crippen LogP contribution in [0.3, 0.4) is 0 Å². The molecule has 25 heavy (non-hydrogen) atoms. The molecule has 3 N–H and O–H groups in total. The molecular formula is C15H20F3N3O3S. The van der Waals surface area contributed by atoms with Crippen LogP contribution in [0, 0.1) is 6.92 Å². The number of likely N-dealkylation sites (tertiary alicyclic amines) is 1. The SMILES string of the molecule is Cc1ccc(S(=O)(=O)NC2CCN(CC(N)=O)CC2)cc1C(F)(F)F. The third kappa shape index (κ3) is 5.16. The Bertz CT molecular complexity index is 742. The number of benzene rings is 1. The van der Waals surface area contributed by atoms with Gasteiger partial charge in [-0.2, -0.15) is 13.2 Å². The van der Waals surface area contributed by atoms with E-state index in [0.717, 1.165) is 12.1 Å². The predicted octanol–water partition coefficient (Wildman–Crippen LogP) is 1.24. The summed E-state index contributed by atoms with van der Waals surface area (Å²) in [5.41, 5.74) is 4.11. The van der Waals surface area contributed by atoms with Crippen molar-refractivity contribution in [3.8, 4) is 0 Å². The van der Waals surface area contributed by atoms with Crippen LogP contribution in [0.2, 0.25) is 0 Å². The molecule has 1 heterocycles. The van der Waals surface area contributed by atoms with Gasteiger partial charge < -0.3 is 5.73 Å². The van der Waals surface area contributed by atoms with Crippen LogP contribution in [0.15, 0.2) is 23.1 Å². The van der Waals surface area contributed by atoms with Crippen molar-refractivity contribution in [2.45, 2.75) is 36.9 Å². The summed E-state index contributed by atoms with van der Waals surface area (Å²) in [6.07, 6.45) is -3.72. The van der Waals surface area contributed by atoms with Crippen molar-refractivity contribution in [1.29, 1.82) is 0 Å². The second kappa shape index (κ2) is 7.30. The van der Waals surface area contributed by atoms with Crippen molar-refractivity contribution in [2.75, 3.05) is 19.6 Å². The third-order valence-electron chi connectivity index (χ3n) is 4.11. The van der Waals surface area contributed by atoms with E-state index in [-0.39, 0.29) is 12.1 Å². The fourth-order valence-corrected chi connectivity index (χ4v) is 4.12. The first-order chi connectivity index (χ1) is 11.5. The molecule has 10 heteroatoms. The van der Waals surface area contributed by atoms with E-state index in [1.54, 1.807) is 4.90 Å². The second-order valence-corrected chi connectivity index (χ2v) is 7.83. The average molecular weight is 379 g/mol. The highest BCUT2D eigenvalue weighted by molar-refractivity contribution is 7.89. The van der Waals surface area contributed by atoms with E-state index in [4.69, 9.17) is 5.73 Å². The Morgan fingerprint density at radius 3 is 2.44 bits per heavy atom. The van der Waals surface area contributed by atoms with Crippen LogP contribution >= 0.6 is 0 Å². The molecule has 1 aliphatic rings. The lowest BCUT2D eigenvalue weighted by atomic mass is 10.1. The molecule has 0 bridgehead atoms. The summed E-state index contributed by atoms with van der Waals surface area (Å²) in [4.78, 5) is 12.3. The molecule has 0 unspecified atom stereocenters. The van der Waals surface area contributed by atoms with E-state index in [1.165, 1.54) is 6.92 Å². The summed E-state index contributed by atoms with van der Waals surface area (Å²) in [5.74, 6) is -0.460. The number of aryl methyl sites for hydroxylation is 1. The molecular weight excluding hydrogens is 359 g/mol. The van der Waals surface area contributed by atoms with E-state index < -0.39 is 38.6 Å². The maximum absolute atomic E-state index is 13.0. The zero-order chi connectivity index (χ0) is 18.8. The number of hydrogen-bond acceptors (Lipinski definition) is 4. The van der Waals surface area contributed by atoms with Gasteiger partial charge in [-0.1, -0.05) is 6.07 Å². The van der Waals surface area contributed by atoms with E-state index in [2.05, 4.69) is 4.72 Å². The quantitative estimate of drug-likeness (QED) is 0.805. The van der Waals surface area contributed by atoms with Crippen LogP contribution in [0.5, 0.6) is 0 Å². The van der Waals surface area contributed by atoms with Gasteiger partial charge in [0.05, 0.1) is 17.0 Å². The van der Waals surface area contributed by atoms with Gasteiger partial charge in [-0.05, 0) is 37.5 Å². The fourth-order valence-electron chi connectivity index (χ4n) is 2.79. The van der Waals surface area contributed by atoms with Crippen LogP contribution in [-0.4, -0.2) is 44.9 Å². The number of sulfonamides is 1. The summed E-state index contributed by atoms with van der Waals surface area (Å²) >= 11 is 0. The number of nitrogens with two attached hydrogens (primary N) is 1. The number of nitrogens with one attached hydrogen (secondary N) is 1. The Morgan fingerprint density at radius 1 is 1.32 bits per heavy atom. The van der Waals surface area contributed by atoms with Crippen molar-refractivity contribution < 1.29 is 26.4 Å². The fraction of sp³-hybridized carbons (Fsp3) is 0.533. The standard InChI is InChI=1S/C15H20F3N3O3S/c1-10-2-3-12(8-13(10)15(16,17)18)25(23,24)20-11-4-6-21(7-5-11)9-14(19)22/h2-3,8,11,20H,4-7,9H2,1H3,(H2,19,22). The van der Waals surface area contributed by atoms with Crippen LogP contribution in [-0.2, 0) is 21.0 Å². The zero-order valence-corrected chi connectivity index (χ0v) is 14.5. The zero-order valence-electron chi connectivity index (χ0n) is 13.6. The second-order valence-electron chi connectivity index (χ2n) is 6.11. The summed E-state index contributed by atoms with van der Waals surface area (Å²) in [6.45, 7) is 2.35. The van der Waals surface area contributed by atoms with Gasteiger partial charge in [0, 0.05) is 19.1 Å². The molecule has 1 aliphatic heterocycles. The van der Waals surface area contributed by atoms with E-state index in [1.807, 2.05) is 0 Å². The van der Waals surface area contributed by atoms with Crippen molar-refractivity contribution in [3.63, 3.8) is 0 Å². The largest absolute Gasteiger partial charge is 0.416 e. The highest BCUT2D eigenvalue weighted by Crippen LogP contribution is 2.33. The monoisotopic (exact) mass is 379 g/mol. The van der Waals surface area contributed by atoms with Gasteiger partial charge >= 0.3 is 6.18 Å². The molecule has 6 nitrogen and oxygen atoms in total. The molecule has 0 atom stereocenters. The Morgan fingerprint density at radius 2 is 1.92 bits per heavy atom. The maximum atomic E-state index is 13.0. The predicted molar refractivity (Wildman–Crippen MR) is 85.2 cm³/mol. The van der Waals surface area contributed by atoms with Crippen LogP contribution in [0.4, 0.5) is 13.2 Å². The van der Waals surface area contributed by atoms with E-state index >= 15 is 0 Å². The number of amides is 1. The van der Waals surface area contributed by atoms with E-state index in [0.29, 0.717) is 32.0 Å². The lowest BCUT2D eigenvalue weighted by Crippen LogP contribution is -2.46. The Labute approximate surface area is 144 Å².